The Morgan fingerprint density at radius 3 is 2.67 bits per heavy atom. The summed E-state index contributed by atoms with van der Waals surface area (Å²) in [5, 5.41) is 4.46. The monoisotopic (exact) mass is 365 g/mol. The molecule has 3 heteroatoms. The lowest BCUT2D eigenvalue weighted by atomic mass is 9.97. The molecule has 0 aliphatic carbocycles. The molecular weight excluding hydrogens is 346 g/mol. The van der Waals surface area contributed by atoms with Crippen molar-refractivity contribution in [3.05, 3.63) is 68.7 Å². The molecule has 2 rings (SSSR count). The summed E-state index contributed by atoms with van der Waals surface area (Å²) in [6, 6.07) is 15.0. The molecule has 0 saturated carbocycles. The average molecular weight is 367 g/mol. The number of aryl methyl sites for hydroxylation is 1. The second-order valence-corrected chi connectivity index (χ2v) is 6.69. The molecule has 112 valence electrons. The first-order valence-corrected chi connectivity index (χ1v) is 8.51. The summed E-state index contributed by atoms with van der Waals surface area (Å²) in [5.41, 5.74) is 3.67. The van der Waals surface area contributed by atoms with E-state index in [-0.39, 0.29) is 6.04 Å². The first-order chi connectivity index (χ1) is 10.1. The highest BCUT2D eigenvalue weighted by Crippen LogP contribution is 2.27. The van der Waals surface area contributed by atoms with Crippen molar-refractivity contribution in [2.24, 2.45) is 0 Å². The molecule has 1 N–H and O–H groups in total. The Morgan fingerprint density at radius 2 is 2.00 bits per heavy atom. The zero-order chi connectivity index (χ0) is 15.2. The minimum atomic E-state index is 0.243. The third-order valence-electron chi connectivity index (χ3n) is 3.50. The van der Waals surface area contributed by atoms with Gasteiger partial charge in [-0.05, 0) is 61.2 Å². The SMILES string of the molecule is CCCNC(Cc1cccc(Br)c1)c1ccc(C)cc1Cl. The molecule has 1 unspecified atom stereocenters. The smallest absolute Gasteiger partial charge is 0.0456 e. The van der Waals surface area contributed by atoms with Crippen LogP contribution >= 0.6 is 27.5 Å². The zero-order valence-corrected chi connectivity index (χ0v) is 14.8. The highest BCUT2D eigenvalue weighted by Gasteiger charge is 2.15. The minimum Gasteiger partial charge on any atom is -0.310 e. The van der Waals surface area contributed by atoms with E-state index in [0.29, 0.717) is 0 Å². The number of halogens is 2. The van der Waals surface area contributed by atoms with E-state index < -0.39 is 0 Å². The third-order valence-corrected chi connectivity index (χ3v) is 4.32. The molecule has 0 heterocycles. The molecule has 0 aliphatic heterocycles. The van der Waals surface area contributed by atoms with E-state index >= 15 is 0 Å². The summed E-state index contributed by atoms with van der Waals surface area (Å²) >= 11 is 9.99. The van der Waals surface area contributed by atoms with E-state index in [1.54, 1.807) is 0 Å². The molecule has 0 aliphatic rings. The number of rotatable bonds is 6. The van der Waals surface area contributed by atoms with Gasteiger partial charge >= 0.3 is 0 Å². The van der Waals surface area contributed by atoms with E-state index in [4.69, 9.17) is 11.6 Å². The molecule has 2 aromatic carbocycles. The quantitative estimate of drug-likeness (QED) is 0.692. The van der Waals surface area contributed by atoms with Crippen molar-refractivity contribution in [2.45, 2.75) is 32.7 Å². The first kappa shape index (κ1) is 16.5. The summed E-state index contributed by atoms with van der Waals surface area (Å²) in [5.74, 6) is 0. The lowest BCUT2D eigenvalue weighted by molar-refractivity contribution is 0.529. The maximum Gasteiger partial charge on any atom is 0.0456 e. The maximum absolute atomic E-state index is 6.45. The Hall–Kier alpha value is -0.830. The molecule has 0 radical (unpaired) electrons. The predicted molar refractivity (Wildman–Crippen MR) is 95.1 cm³/mol. The standard InChI is InChI=1S/C18H21BrClN/c1-3-9-21-18(12-14-5-4-6-15(19)11-14)16-8-7-13(2)10-17(16)20/h4-8,10-11,18,21H,3,9,12H2,1-2H3. The van der Waals surface area contributed by atoms with Gasteiger partial charge in [0.25, 0.3) is 0 Å². The predicted octanol–water partition coefficient (Wildman–Crippen LogP) is 5.69. The fourth-order valence-electron chi connectivity index (χ4n) is 2.43. The maximum atomic E-state index is 6.45. The van der Waals surface area contributed by atoms with Crippen molar-refractivity contribution in [3.63, 3.8) is 0 Å². The topological polar surface area (TPSA) is 12.0 Å². The van der Waals surface area contributed by atoms with Gasteiger partial charge in [-0.1, -0.05) is 58.7 Å². The Morgan fingerprint density at radius 1 is 1.19 bits per heavy atom. The van der Waals surface area contributed by atoms with Gasteiger partial charge in [-0.15, -0.1) is 0 Å². The van der Waals surface area contributed by atoms with Crippen molar-refractivity contribution < 1.29 is 0 Å². The Labute approximate surface area is 140 Å². The average Bonchev–Trinajstić information content (AvgIpc) is 2.44. The summed E-state index contributed by atoms with van der Waals surface area (Å²) in [6.07, 6.45) is 2.04. The van der Waals surface area contributed by atoms with Crippen molar-refractivity contribution in [3.8, 4) is 0 Å². The van der Waals surface area contributed by atoms with E-state index in [1.807, 2.05) is 6.07 Å². The van der Waals surface area contributed by atoms with Crippen LogP contribution in [0, 0.1) is 6.92 Å². The van der Waals surface area contributed by atoms with Gasteiger partial charge in [0.15, 0.2) is 0 Å². The van der Waals surface area contributed by atoms with Gasteiger partial charge in [0.05, 0.1) is 0 Å². The molecule has 1 atom stereocenters. The highest BCUT2D eigenvalue weighted by molar-refractivity contribution is 9.10. The van der Waals surface area contributed by atoms with Crippen LogP contribution in [0.5, 0.6) is 0 Å². The highest BCUT2D eigenvalue weighted by atomic mass is 79.9. The fourth-order valence-corrected chi connectivity index (χ4v) is 3.24. The van der Waals surface area contributed by atoms with Crippen molar-refractivity contribution in [1.82, 2.24) is 5.32 Å². The molecule has 1 nitrogen and oxygen atoms in total. The van der Waals surface area contributed by atoms with Crippen LogP contribution in [0.3, 0.4) is 0 Å². The van der Waals surface area contributed by atoms with Gasteiger partial charge in [0.2, 0.25) is 0 Å². The first-order valence-electron chi connectivity index (χ1n) is 7.34. The van der Waals surface area contributed by atoms with Crippen molar-refractivity contribution in [2.75, 3.05) is 6.54 Å². The van der Waals surface area contributed by atoms with Crippen LogP contribution in [0.15, 0.2) is 46.9 Å². The molecule has 0 saturated heterocycles. The normalized spacial score (nSPS) is 12.4. The largest absolute Gasteiger partial charge is 0.310 e. The van der Waals surface area contributed by atoms with Gasteiger partial charge in [-0.3, -0.25) is 0 Å². The van der Waals surface area contributed by atoms with Crippen molar-refractivity contribution in [1.29, 1.82) is 0 Å². The van der Waals surface area contributed by atoms with Crippen LogP contribution in [-0.2, 0) is 6.42 Å². The summed E-state index contributed by atoms with van der Waals surface area (Å²) in [6.45, 7) is 5.24. The van der Waals surface area contributed by atoms with Gasteiger partial charge in [-0.25, -0.2) is 0 Å². The van der Waals surface area contributed by atoms with Crippen LogP contribution in [0.2, 0.25) is 5.02 Å². The van der Waals surface area contributed by atoms with Crippen LogP contribution in [0.4, 0.5) is 0 Å². The summed E-state index contributed by atoms with van der Waals surface area (Å²) in [7, 11) is 0. The van der Waals surface area contributed by atoms with E-state index in [2.05, 4.69) is 71.5 Å². The molecular formula is C18H21BrClN. The van der Waals surface area contributed by atoms with E-state index in [9.17, 15) is 0 Å². The summed E-state index contributed by atoms with van der Waals surface area (Å²) in [4.78, 5) is 0. The number of hydrogen-bond donors (Lipinski definition) is 1. The molecule has 0 aromatic heterocycles. The lowest BCUT2D eigenvalue weighted by Gasteiger charge is -2.21. The fraction of sp³-hybridized carbons (Fsp3) is 0.333. The number of nitrogens with one attached hydrogen (secondary N) is 1. The molecule has 2 aromatic rings. The Bertz CT molecular complexity index is 598. The number of hydrogen-bond acceptors (Lipinski definition) is 1. The molecule has 0 fully saturated rings. The summed E-state index contributed by atoms with van der Waals surface area (Å²) < 4.78 is 1.12. The van der Waals surface area contributed by atoms with Gasteiger partial charge in [0.1, 0.15) is 0 Å². The van der Waals surface area contributed by atoms with Crippen LogP contribution in [0.25, 0.3) is 0 Å². The number of benzene rings is 2. The lowest BCUT2D eigenvalue weighted by Crippen LogP contribution is -2.24. The molecule has 21 heavy (non-hydrogen) atoms. The van der Waals surface area contributed by atoms with Crippen LogP contribution in [0.1, 0.15) is 36.1 Å². The van der Waals surface area contributed by atoms with Crippen LogP contribution in [-0.4, -0.2) is 6.54 Å². The second kappa shape index (κ2) is 7.98. The Balaban J connectivity index is 2.25. The van der Waals surface area contributed by atoms with Gasteiger partial charge in [0, 0.05) is 15.5 Å². The zero-order valence-electron chi connectivity index (χ0n) is 12.5. The van der Waals surface area contributed by atoms with E-state index in [0.717, 1.165) is 28.9 Å². The third kappa shape index (κ3) is 4.84. The minimum absolute atomic E-state index is 0.243. The van der Waals surface area contributed by atoms with E-state index in [1.165, 1.54) is 16.7 Å². The van der Waals surface area contributed by atoms with Crippen molar-refractivity contribution >= 4 is 27.5 Å². The molecule has 0 bridgehead atoms. The Kier molecular flexibility index (Phi) is 6.28. The van der Waals surface area contributed by atoms with Gasteiger partial charge in [-0.2, -0.15) is 0 Å². The van der Waals surface area contributed by atoms with Crippen LogP contribution < -0.4 is 5.32 Å². The molecule has 0 spiro atoms. The molecule has 0 amide bonds. The second-order valence-electron chi connectivity index (χ2n) is 5.37. The van der Waals surface area contributed by atoms with Gasteiger partial charge < -0.3 is 5.32 Å².